The van der Waals surface area contributed by atoms with E-state index in [0.717, 1.165) is 16.9 Å². The van der Waals surface area contributed by atoms with Crippen LogP contribution in [0.4, 0.5) is 9.52 Å². The third-order valence-electron chi connectivity index (χ3n) is 6.73. The zero-order valence-corrected chi connectivity index (χ0v) is 24.1. The molecular formula is C32H23FN4O4S2. The summed E-state index contributed by atoms with van der Waals surface area (Å²) in [6.45, 7) is 0.320. The number of aromatic nitrogens is 3. The third kappa shape index (κ3) is 6.04. The Hall–Kier alpha value is -4.87. The van der Waals surface area contributed by atoms with Crippen LogP contribution in [0.2, 0.25) is 0 Å². The van der Waals surface area contributed by atoms with Gasteiger partial charge in [-0.2, -0.15) is 0 Å². The Bertz CT molecular complexity index is 1810. The largest absolute Gasteiger partial charge is 0.507 e. The summed E-state index contributed by atoms with van der Waals surface area (Å²) in [5.74, 6) is -1.52. The third-order valence-corrected chi connectivity index (χ3v) is 8.84. The number of Topliss-reactive ketones (excluding diaryl/α,β-unsaturated/α-hetero) is 1. The number of pyridine rings is 1. The highest BCUT2D eigenvalue weighted by molar-refractivity contribution is 8.00. The number of aliphatic hydroxyl groups is 1. The molecule has 1 unspecified atom stereocenters. The summed E-state index contributed by atoms with van der Waals surface area (Å²) < 4.78 is 20.7. The monoisotopic (exact) mass is 610 g/mol. The van der Waals surface area contributed by atoms with Crippen molar-refractivity contribution in [1.29, 1.82) is 0 Å². The van der Waals surface area contributed by atoms with Gasteiger partial charge in [-0.1, -0.05) is 83.8 Å². The molecular weight excluding hydrogens is 588 g/mol. The van der Waals surface area contributed by atoms with Gasteiger partial charge in [-0.15, -0.1) is 10.2 Å². The molecule has 1 saturated heterocycles. The van der Waals surface area contributed by atoms with Gasteiger partial charge in [-0.05, 0) is 47.0 Å². The quantitative estimate of drug-likeness (QED) is 0.0657. The summed E-state index contributed by atoms with van der Waals surface area (Å²) in [7, 11) is 0. The van der Waals surface area contributed by atoms with Crippen LogP contribution < -0.4 is 9.64 Å². The molecule has 1 atom stereocenters. The first-order chi connectivity index (χ1) is 21.0. The fourth-order valence-electron chi connectivity index (χ4n) is 4.64. The van der Waals surface area contributed by atoms with Crippen molar-refractivity contribution in [3.8, 4) is 5.75 Å². The molecule has 0 saturated carbocycles. The van der Waals surface area contributed by atoms with Gasteiger partial charge in [0.1, 0.15) is 23.9 Å². The first-order valence-corrected chi connectivity index (χ1v) is 15.0. The van der Waals surface area contributed by atoms with E-state index in [0.29, 0.717) is 39.1 Å². The molecule has 2 aromatic heterocycles. The Morgan fingerprint density at radius 2 is 1.72 bits per heavy atom. The number of rotatable bonds is 9. The molecule has 1 N–H and O–H groups in total. The van der Waals surface area contributed by atoms with E-state index in [1.807, 2.05) is 30.3 Å². The molecule has 214 valence electrons. The van der Waals surface area contributed by atoms with Crippen LogP contribution in [0, 0.1) is 5.82 Å². The molecule has 3 aromatic carbocycles. The fourth-order valence-corrected chi connectivity index (χ4v) is 6.49. The van der Waals surface area contributed by atoms with Gasteiger partial charge >= 0.3 is 5.91 Å². The van der Waals surface area contributed by atoms with E-state index in [-0.39, 0.29) is 22.3 Å². The van der Waals surface area contributed by atoms with Crippen LogP contribution in [-0.4, -0.2) is 32.0 Å². The first kappa shape index (κ1) is 28.3. The van der Waals surface area contributed by atoms with Gasteiger partial charge in [0.05, 0.1) is 11.6 Å². The summed E-state index contributed by atoms with van der Waals surface area (Å²) in [5, 5.41) is 19.9. The average molecular weight is 611 g/mol. The second kappa shape index (κ2) is 12.6. The molecule has 1 aliphatic rings. The molecule has 1 fully saturated rings. The molecule has 0 bridgehead atoms. The van der Waals surface area contributed by atoms with Crippen molar-refractivity contribution in [2.75, 3.05) is 4.90 Å². The van der Waals surface area contributed by atoms with Crippen LogP contribution in [0.5, 0.6) is 5.75 Å². The number of ketones is 1. The lowest BCUT2D eigenvalue weighted by Gasteiger charge is -2.23. The molecule has 1 aliphatic heterocycles. The number of nitrogens with zero attached hydrogens (tertiary/aromatic N) is 4. The summed E-state index contributed by atoms with van der Waals surface area (Å²) in [6, 6.07) is 25.3. The Morgan fingerprint density at radius 1 is 0.953 bits per heavy atom. The van der Waals surface area contributed by atoms with Gasteiger partial charge in [0, 0.05) is 23.7 Å². The SMILES string of the molecule is O=C1C(=O)N(c2nnc(SCc3ccccc3F)s2)C(c2cccc(OCc3ccccc3)c2)C1=C(O)c1ccncc1. The molecule has 1 amide bonds. The van der Waals surface area contributed by atoms with E-state index in [9.17, 15) is 19.1 Å². The number of hydrogen-bond donors (Lipinski definition) is 1. The lowest BCUT2D eigenvalue weighted by Crippen LogP contribution is -2.29. The molecule has 3 heterocycles. The van der Waals surface area contributed by atoms with Crippen LogP contribution in [0.25, 0.3) is 5.76 Å². The van der Waals surface area contributed by atoms with Crippen LogP contribution in [0.1, 0.15) is 28.3 Å². The number of benzene rings is 3. The average Bonchev–Trinajstić information content (AvgIpc) is 3.62. The van der Waals surface area contributed by atoms with E-state index in [2.05, 4.69) is 15.2 Å². The van der Waals surface area contributed by atoms with Crippen LogP contribution in [-0.2, 0) is 21.9 Å². The van der Waals surface area contributed by atoms with Crippen molar-refractivity contribution in [2.24, 2.45) is 0 Å². The highest BCUT2D eigenvalue weighted by Crippen LogP contribution is 2.44. The van der Waals surface area contributed by atoms with Gasteiger partial charge in [0.25, 0.3) is 5.78 Å². The molecule has 43 heavy (non-hydrogen) atoms. The predicted molar refractivity (Wildman–Crippen MR) is 162 cm³/mol. The van der Waals surface area contributed by atoms with Crippen molar-refractivity contribution in [3.05, 3.63) is 137 Å². The second-order valence-electron chi connectivity index (χ2n) is 9.48. The minimum absolute atomic E-state index is 0.0906. The Kier molecular flexibility index (Phi) is 8.25. The maximum absolute atomic E-state index is 14.1. The second-order valence-corrected chi connectivity index (χ2v) is 11.7. The minimum Gasteiger partial charge on any atom is -0.507 e. The lowest BCUT2D eigenvalue weighted by atomic mass is 9.95. The van der Waals surface area contributed by atoms with Gasteiger partial charge in [-0.25, -0.2) is 4.39 Å². The topological polar surface area (TPSA) is 106 Å². The number of halogens is 1. The standard InChI is InChI=1S/C32H23FN4O4S2/c33-25-12-5-4-9-23(25)19-42-32-36-35-31(43-32)37-27(26(29(39)30(37)40)28(38)21-13-15-34-16-14-21)22-10-6-11-24(17-22)41-18-20-7-2-1-3-8-20/h1-17,27,38H,18-19H2. The van der Waals surface area contributed by atoms with Gasteiger partial charge in [0.15, 0.2) is 4.34 Å². The zero-order valence-electron chi connectivity index (χ0n) is 22.5. The summed E-state index contributed by atoms with van der Waals surface area (Å²) in [5.41, 5.74) is 2.27. The zero-order chi connectivity index (χ0) is 29.8. The highest BCUT2D eigenvalue weighted by Gasteiger charge is 2.48. The number of amides is 1. The van der Waals surface area contributed by atoms with E-state index in [1.54, 1.807) is 54.6 Å². The highest BCUT2D eigenvalue weighted by atomic mass is 32.2. The van der Waals surface area contributed by atoms with E-state index < -0.39 is 17.7 Å². The van der Waals surface area contributed by atoms with Gasteiger partial charge < -0.3 is 9.84 Å². The smallest absolute Gasteiger partial charge is 0.301 e. The number of thioether (sulfide) groups is 1. The summed E-state index contributed by atoms with van der Waals surface area (Å²) >= 11 is 2.38. The maximum Gasteiger partial charge on any atom is 0.301 e. The molecule has 0 spiro atoms. The van der Waals surface area contributed by atoms with E-state index >= 15 is 0 Å². The molecule has 5 aromatic rings. The minimum atomic E-state index is -1.01. The van der Waals surface area contributed by atoms with Crippen molar-refractivity contribution in [1.82, 2.24) is 15.2 Å². The van der Waals surface area contributed by atoms with Crippen LogP contribution in [0.3, 0.4) is 0 Å². The number of carbonyl (C=O) groups excluding carboxylic acids is 2. The van der Waals surface area contributed by atoms with E-state index in [1.165, 1.54) is 35.1 Å². The van der Waals surface area contributed by atoms with Crippen molar-refractivity contribution < 1.29 is 23.8 Å². The number of carbonyl (C=O) groups is 2. The maximum atomic E-state index is 14.1. The van der Waals surface area contributed by atoms with Crippen LogP contribution in [0.15, 0.2) is 113 Å². The fraction of sp³-hybridized carbons (Fsp3) is 0.0938. The first-order valence-electron chi connectivity index (χ1n) is 13.2. The van der Waals surface area contributed by atoms with E-state index in [4.69, 9.17) is 4.74 Å². The number of anilines is 1. The van der Waals surface area contributed by atoms with Crippen molar-refractivity contribution in [2.45, 2.75) is 22.7 Å². The summed E-state index contributed by atoms with van der Waals surface area (Å²) in [4.78, 5) is 32.3. The number of ether oxygens (including phenoxy) is 1. The van der Waals surface area contributed by atoms with Crippen molar-refractivity contribution in [3.63, 3.8) is 0 Å². The predicted octanol–water partition coefficient (Wildman–Crippen LogP) is 6.57. The number of hydrogen-bond acceptors (Lipinski definition) is 9. The van der Waals surface area contributed by atoms with Gasteiger partial charge in [0.2, 0.25) is 5.13 Å². The molecule has 6 rings (SSSR count). The Morgan fingerprint density at radius 3 is 2.51 bits per heavy atom. The molecule has 11 heteroatoms. The van der Waals surface area contributed by atoms with Crippen molar-refractivity contribution >= 4 is 45.7 Å². The summed E-state index contributed by atoms with van der Waals surface area (Å²) in [6.07, 6.45) is 2.98. The molecule has 0 radical (unpaired) electrons. The Balaban J connectivity index is 1.36. The number of aliphatic hydroxyl groups excluding tert-OH is 1. The van der Waals surface area contributed by atoms with Crippen LogP contribution >= 0.6 is 23.1 Å². The Labute approximate surface area is 254 Å². The lowest BCUT2D eigenvalue weighted by molar-refractivity contribution is -0.132. The van der Waals surface area contributed by atoms with Gasteiger partial charge in [-0.3, -0.25) is 19.5 Å². The molecule has 0 aliphatic carbocycles. The molecule has 8 nitrogen and oxygen atoms in total. The normalized spacial score (nSPS) is 16.0.